The van der Waals surface area contributed by atoms with E-state index in [1.807, 2.05) is 36.5 Å². The number of carbonyl (C=O) groups is 1. The topological polar surface area (TPSA) is 90.3 Å². The van der Waals surface area contributed by atoms with E-state index in [2.05, 4.69) is 9.82 Å². The molecule has 0 bridgehead atoms. The van der Waals surface area contributed by atoms with Crippen molar-refractivity contribution in [2.75, 3.05) is 0 Å². The fourth-order valence-corrected chi connectivity index (χ4v) is 4.06. The van der Waals surface area contributed by atoms with Gasteiger partial charge in [0.2, 0.25) is 10.0 Å². The maximum absolute atomic E-state index is 12.6. The van der Waals surface area contributed by atoms with Gasteiger partial charge in [0.05, 0.1) is 10.6 Å². The Kier molecular flexibility index (Phi) is 6.46. The van der Waals surface area contributed by atoms with Crippen LogP contribution in [0.5, 0.6) is 0 Å². The van der Waals surface area contributed by atoms with Gasteiger partial charge < -0.3 is 4.74 Å². The van der Waals surface area contributed by atoms with E-state index in [-0.39, 0.29) is 17.4 Å². The van der Waals surface area contributed by atoms with Crippen molar-refractivity contribution in [1.82, 2.24) is 14.5 Å². The van der Waals surface area contributed by atoms with Crippen LogP contribution in [-0.2, 0) is 26.2 Å². The molecule has 1 atom stereocenters. The van der Waals surface area contributed by atoms with Crippen molar-refractivity contribution in [1.29, 1.82) is 0 Å². The number of hydrogen-bond acceptors (Lipinski definition) is 5. The summed E-state index contributed by atoms with van der Waals surface area (Å²) in [7, 11) is -3.82. The van der Waals surface area contributed by atoms with E-state index in [1.165, 1.54) is 12.1 Å². The number of hydrogen-bond donors (Lipinski definition) is 1. The average molecular weight is 413 g/mol. The zero-order chi connectivity index (χ0) is 20.9. The molecule has 1 heterocycles. The third kappa shape index (κ3) is 5.30. The summed E-state index contributed by atoms with van der Waals surface area (Å²) in [5.74, 6) is -0.890. The van der Waals surface area contributed by atoms with Crippen LogP contribution in [0.25, 0.3) is 5.69 Å². The van der Waals surface area contributed by atoms with Gasteiger partial charge in [-0.05, 0) is 41.8 Å². The minimum Gasteiger partial charge on any atom is -0.460 e. The fourth-order valence-electron chi connectivity index (χ4n) is 2.70. The summed E-state index contributed by atoms with van der Waals surface area (Å²) in [6, 6.07) is 16.2. The molecule has 7 nitrogen and oxygen atoms in total. The van der Waals surface area contributed by atoms with Crippen LogP contribution in [0.3, 0.4) is 0 Å². The van der Waals surface area contributed by atoms with E-state index in [4.69, 9.17) is 4.74 Å². The molecule has 1 aromatic heterocycles. The second-order valence-electron chi connectivity index (χ2n) is 6.88. The summed E-state index contributed by atoms with van der Waals surface area (Å²) in [6.45, 7) is 3.57. The lowest BCUT2D eigenvalue weighted by atomic mass is 10.1. The van der Waals surface area contributed by atoms with Gasteiger partial charge in [0.1, 0.15) is 12.6 Å². The Morgan fingerprint density at radius 2 is 1.76 bits per heavy atom. The van der Waals surface area contributed by atoms with Crippen molar-refractivity contribution in [3.8, 4) is 5.69 Å². The van der Waals surface area contributed by atoms with Crippen LogP contribution in [-0.4, -0.2) is 30.2 Å². The van der Waals surface area contributed by atoms with Gasteiger partial charge in [-0.15, -0.1) is 0 Å². The predicted molar refractivity (Wildman–Crippen MR) is 109 cm³/mol. The summed E-state index contributed by atoms with van der Waals surface area (Å²) in [6.07, 6.45) is 3.53. The first-order chi connectivity index (χ1) is 13.9. The van der Waals surface area contributed by atoms with Gasteiger partial charge in [-0.2, -0.15) is 9.82 Å². The Balaban J connectivity index is 1.64. The number of nitrogens with zero attached hydrogens (tertiary/aromatic N) is 2. The number of sulfonamides is 1. The fraction of sp³-hybridized carbons (Fsp3) is 0.238. The van der Waals surface area contributed by atoms with Crippen LogP contribution in [0.4, 0.5) is 0 Å². The van der Waals surface area contributed by atoms with Gasteiger partial charge in [-0.3, -0.25) is 4.79 Å². The second-order valence-corrected chi connectivity index (χ2v) is 8.59. The average Bonchev–Trinajstić information content (AvgIpc) is 3.26. The van der Waals surface area contributed by atoms with Crippen molar-refractivity contribution in [2.45, 2.75) is 31.4 Å². The molecule has 0 radical (unpaired) electrons. The largest absolute Gasteiger partial charge is 0.460 e. The third-order valence-electron chi connectivity index (χ3n) is 4.34. The lowest BCUT2D eigenvalue weighted by Crippen LogP contribution is -2.45. The molecule has 0 aliphatic heterocycles. The molecule has 29 heavy (non-hydrogen) atoms. The van der Waals surface area contributed by atoms with Crippen molar-refractivity contribution >= 4 is 16.0 Å². The highest BCUT2D eigenvalue weighted by Crippen LogP contribution is 2.14. The van der Waals surface area contributed by atoms with Gasteiger partial charge in [0.25, 0.3) is 0 Å². The molecule has 1 unspecified atom stereocenters. The number of benzene rings is 2. The quantitative estimate of drug-likeness (QED) is 0.574. The molecule has 0 amide bonds. The van der Waals surface area contributed by atoms with Crippen LogP contribution in [0.2, 0.25) is 0 Å². The molecule has 2 aromatic carbocycles. The van der Waals surface area contributed by atoms with E-state index in [9.17, 15) is 13.2 Å². The maximum atomic E-state index is 12.6. The van der Waals surface area contributed by atoms with Gasteiger partial charge in [-0.25, -0.2) is 13.1 Å². The Hall–Kier alpha value is -2.97. The molecule has 0 saturated heterocycles. The predicted octanol–water partition coefficient (Wildman–Crippen LogP) is 2.92. The number of ether oxygens (including phenoxy) is 1. The van der Waals surface area contributed by atoms with E-state index in [0.717, 1.165) is 11.3 Å². The maximum Gasteiger partial charge on any atom is 0.324 e. The molecule has 3 rings (SSSR count). The lowest BCUT2D eigenvalue weighted by Gasteiger charge is -2.21. The molecular formula is C21H23N3O4S. The van der Waals surface area contributed by atoms with Gasteiger partial charge in [0, 0.05) is 12.4 Å². The summed E-state index contributed by atoms with van der Waals surface area (Å²) in [4.78, 5) is 12.7. The van der Waals surface area contributed by atoms with E-state index in [1.54, 1.807) is 42.9 Å². The van der Waals surface area contributed by atoms with Gasteiger partial charge >= 0.3 is 5.97 Å². The minimum absolute atomic E-state index is 0.0501. The molecule has 0 aliphatic rings. The zero-order valence-corrected chi connectivity index (χ0v) is 17.0. The highest BCUT2D eigenvalue weighted by atomic mass is 32.2. The molecule has 152 valence electrons. The SMILES string of the molecule is CC(C)C(NS(=O)(=O)c1ccccc1)C(=O)OCc1ccc(-n2cccn2)cc1. The Morgan fingerprint density at radius 1 is 1.07 bits per heavy atom. The van der Waals surface area contributed by atoms with Crippen molar-refractivity contribution in [3.63, 3.8) is 0 Å². The minimum atomic E-state index is -3.82. The van der Waals surface area contributed by atoms with Crippen LogP contribution in [0, 0.1) is 5.92 Å². The smallest absolute Gasteiger partial charge is 0.324 e. The van der Waals surface area contributed by atoms with Crippen LogP contribution < -0.4 is 4.72 Å². The Labute approximate surface area is 170 Å². The molecular weight excluding hydrogens is 390 g/mol. The van der Waals surface area contributed by atoms with Crippen molar-refractivity contribution in [2.24, 2.45) is 5.92 Å². The molecule has 1 N–H and O–H groups in total. The number of esters is 1. The molecule has 0 spiro atoms. The van der Waals surface area contributed by atoms with E-state index in [0.29, 0.717) is 0 Å². The normalized spacial score (nSPS) is 12.7. The van der Waals surface area contributed by atoms with Crippen LogP contribution in [0.15, 0.2) is 78.0 Å². The van der Waals surface area contributed by atoms with Crippen LogP contribution in [0.1, 0.15) is 19.4 Å². The number of nitrogens with one attached hydrogen (secondary N) is 1. The van der Waals surface area contributed by atoms with E-state index < -0.39 is 22.0 Å². The van der Waals surface area contributed by atoms with Gasteiger partial charge in [0.15, 0.2) is 0 Å². The number of aromatic nitrogens is 2. The highest BCUT2D eigenvalue weighted by Gasteiger charge is 2.29. The van der Waals surface area contributed by atoms with Crippen molar-refractivity contribution < 1.29 is 17.9 Å². The van der Waals surface area contributed by atoms with Crippen molar-refractivity contribution in [3.05, 3.63) is 78.6 Å². The Morgan fingerprint density at radius 3 is 2.34 bits per heavy atom. The number of carbonyl (C=O) groups excluding carboxylic acids is 1. The van der Waals surface area contributed by atoms with Crippen LogP contribution >= 0.6 is 0 Å². The highest BCUT2D eigenvalue weighted by molar-refractivity contribution is 7.89. The molecule has 8 heteroatoms. The standard InChI is InChI=1S/C21H23N3O4S/c1-16(2)20(23-29(26,27)19-7-4-3-5-8-19)21(25)28-15-17-9-11-18(12-10-17)24-14-6-13-22-24/h3-14,16,20,23H,15H2,1-2H3. The molecule has 0 fully saturated rings. The first-order valence-electron chi connectivity index (χ1n) is 9.20. The molecule has 3 aromatic rings. The molecule has 0 aliphatic carbocycles. The summed E-state index contributed by atoms with van der Waals surface area (Å²) in [5, 5.41) is 4.16. The number of rotatable bonds is 8. The summed E-state index contributed by atoms with van der Waals surface area (Å²) in [5.41, 5.74) is 1.68. The summed E-state index contributed by atoms with van der Waals surface area (Å²) < 4.78 is 34.7. The first kappa shape index (κ1) is 20.8. The lowest BCUT2D eigenvalue weighted by molar-refractivity contribution is -0.148. The second kappa shape index (κ2) is 9.02. The zero-order valence-electron chi connectivity index (χ0n) is 16.2. The Bertz CT molecular complexity index is 1030. The molecule has 0 saturated carbocycles. The van der Waals surface area contributed by atoms with Gasteiger partial charge in [-0.1, -0.05) is 44.2 Å². The first-order valence-corrected chi connectivity index (χ1v) is 10.7. The summed E-state index contributed by atoms with van der Waals surface area (Å²) >= 11 is 0. The van der Waals surface area contributed by atoms with E-state index >= 15 is 0 Å². The third-order valence-corrected chi connectivity index (χ3v) is 5.80. The monoisotopic (exact) mass is 413 g/mol.